The maximum absolute atomic E-state index is 15.4. The van der Waals surface area contributed by atoms with E-state index >= 15 is 4.39 Å². The van der Waals surface area contributed by atoms with Gasteiger partial charge in [0.1, 0.15) is 11.9 Å². The van der Waals surface area contributed by atoms with Crippen LogP contribution in [-0.2, 0) is 16.1 Å². The average molecular weight is 633 g/mol. The fraction of sp³-hybridized carbons (Fsp3) is 0.486. The molecule has 3 atom stereocenters. The Labute approximate surface area is 267 Å². The summed E-state index contributed by atoms with van der Waals surface area (Å²) in [5, 5.41) is 3.00. The zero-order valence-electron chi connectivity index (χ0n) is 25.7. The zero-order valence-corrected chi connectivity index (χ0v) is 26.5. The SMILES string of the molecule is CC1(C)CCC(CN2CC3CCC(C2)N3C(=O)c2cc(F)c3c(c2)CN(C2CCC(=O)NC2=O)C3=O)=C(c2ccc(Cl)cc2)C1. The standard InChI is InChI=1S/C35H38ClFN4O4/c1-35(2)12-11-21(27(15-35)20-3-5-24(36)6-4-20)16-39-18-25-7-8-26(19-39)41(25)33(44)22-13-23-17-40(34(45)31(23)28(37)14-22)29-9-10-30(42)38-32(29)43/h3-6,13-14,25-26,29H,7-12,15-19H2,1-2H3,(H,38,42,43). The summed E-state index contributed by atoms with van der Waals surface area (Å²) in [6.07, 6.45) is 5.32. The van der Waals surface area contributed by atoms with Crippen LogP contribution >= 0.6 is 11.6 Å². The third-order valence-electron chi connectivity index (χ3n) is 10.4. The first-order chi connectivity index (χ1) is 21.5. The van der Waals surface area contributed by atoms with Gasteiger partial charge in [0.2, 0.25) is 11.8 Å². The lowest BCUT2D eigenvalue weighted by Gasteiger charge is -2.43. The van der Waals surface area contributed by atoms with Gasteiger partial charge in [0.15, 0.2) is 0 Å². The summed E-state index contributed by atoms with van der Waals surface area (Å²) in [7, 11) is 0. The third kappa shape index (κ3) is 5.58. The molecule has 2 bridgehead atoms. The maximum Gasteiger partial charge on any atom is 0.258 e. The lowest BCUT2D eigenvalue weighted by molar-refractivity contribution is -0.136. The number of hydrogen-bond donors (Lipinski definition) is 1. The van der Waals surface area contributed by atoms with Crippen LogP contribution in [0.1, 0.15) is 90.6 Å². The predicted molar refractivity (Wildman–Crippen MR) is 168 cm³/mol. The Morgan fingerprint density at radius 1 is 1.02 bits per heavy atom. The number of carbonyl (C=O) groups excluding carboxylic acids is 4. The highest BCUT2D eigenvalue weighted by Crippen LogP contribution is 2.44. The van der Waals surface area contributed by atoms with E-state index in [1.54, 1.807) is 6.07 Å². The van der Waals surface area contributed by atoms with Crippen molar-refractivity contribution in [3.8, 4) is 0 Å². The van der Waals surface area contributed by atoms with E-state index in [-0.39, 0.29) is 59.8 Å². The van der Waals surface area contributed by atoms with Crippen LogP contribution in [0.15, 0.2) is 42.0 Å². The van der Waals surface area contributed by atoms with Crippen LogP contribution in [0.2, 0.25) is 5.02 Å². The molecule has 4 aliphatic heterocycles. The van der Waals surface area contributed by atoms with Crippen LogP contribution in [0.25, 0.3) is 5.57 Å². The van der Waals surface area contributed by atoms with E-state index in [9.17, 15) is 19.2 Å². The number of piperidine rings is 1. The molecule has 1 N–H and O–H groups in total. The van der Waals surface area contributed by atoms with Gasteiger partial charge < -0.3 is 9.80 Å². The Kier molecular flexibility index (Phi) is 7.60. The molecule has 0 radical (unpaired) electrons. The number of likely N-dealkylation sites (tertiary alicyclic amines) is 1. The number of carbonyl (C=O) groups is 4. The molecular formula is C35H38ClFN4O4. The molecule has 3 saturated heterocycles. The quantitative estimate of drug-likeness (QED) is 0.458. The topological polar surface area (TPSA) is 90.0 Å². The van der Waals surface area contributed by atoms with E-state index in [1.807, 2.05) is 17.0 Å². The number of halogens is 2. The normalized spacial score (nSPS) is 26.4. The molecule has 2 aromatic carbocycles. The van der Waals surface area contributed by atoms with Crippen molar-refractivity contribution < 1.29 is 23.6 Å². The van der Waals surface area contributed by atoms with Crippen molar-refractivity contribution in [3.05, 3.63) is 75.1 Å². The number of piperazine rings is 1. The highest BCUT2D eigenvalue weighted by Gasteiger charge is 2.45. The van der Waals surface area contributed by atoms with Gasteiger partial charge in [-0.2, -0.15) is 0 Å². The van der Waals surface area contributed by atoms with Crippen LogP contribution < -0.4 is 5.32 Å². The molecule has 5 aliphatic rings. The summed E-state index contributed by atoms with van der Waals surface area (Å²) in [4.78, 5) is 56.8. The second-order valence-electron chi connectivity index (χ2n) is 14.1. The number of hydrogen-bond acceptors (Lipinski definition) is 5. The highest BCUT2D eigenvalue weighted by molar-refractivity contribution is 6.30. The van der Waals surface area contributed by atoms with E-state index in [1.165, 1.54) is 27.7 Å². The molecule has 0 saturated carbocycles. The Balaban J connectivity index is 1.08. The number of imide groups is 1. The summed E-state index contributed by atoms with van der Waals surface area (Å²) in [6.45, 7) is 7.08. The third-order valence-corrected chi connectivity index (χ3v) is 10.7. The predicted octanol–water partition coefficient (Wildman–Crippen LogP) is 5.19. The molecule has 3 fully saturated rings. The van der Waals surface area contributed by atoms with Crippen molar-refractivity contribution in [1.29, 1.82) is 0 Å². The van der Waals surface area contributed by atoms with Gasteiger partial charge in [-0.05, 0) is 84.9 Å². The molecule has 7 rings (SSSR count). The number of rotatable bonds is 5. The van der Waals surface area contributed by atoms with Crippen molar-refractivity contribution >= 4 is 40.8 Å². The molecular weight excluding hydrogens is 595 g/mol. The molecule has 1 aliphatic carbocycles. The monoisotopic (exact) mass is 632 g/mol. The molecule has 8 nitrogen and oxygen atoms in total. The fourth-order valence-electron chi connectivity index (χ4n) is 8.12. The number of fused-ring (bicyclic) bond motifs is 3. The highest BCUT2D eigenvalue weighted by atomic mass is 35.5. The van der Waals surface area contributed by atoms with E-state index in [4.69, 9.17) is 11.6 Å². The van der Waals surface area contributed by atoms with Gasteiger partial charge in [0.05, 0.1) is 5.56 Å². The Morgan fingerprint density at radius 2 is 1.73 bits per heavy atom. The largest absolute Gasteiger partial charge is 0.330 e. The Morgan fingerprint density at radius 3 is 2.42 bits per heavy atom. The van der Waals surface area contributed by atoms with Gasteiger partial charge in [-0.1, -0.05) is 43.2 Å². The van der Waals surface area contributed by atoms with Gasteiger partial charge in [0, 0.05) is 55.3 Å². The number of amides is 4. The van der Waals surface area contributed by atoms with E-state index in [0.717, 1.165) is 56.8 Å². The summed E-state index contributed by atoms with van der Waals surface area (Å²) < 4.78 is 15.4. The summed E-state index contributed by atoms with van der Waals surface area (Å²) in [6, 6.07) is 10.2. The van der Waals surface area contributed by atoms with E-state index < -0.39 is 23.7 Å². The number of nitrogens with zero attached hydrogens (tertiary/aromatic N) is 3. The second kappa shape index (κ2) is 11.4. The van der Waals surface area contributed by atoms with Crippen LogP contribution in [0.5, 0.6) is 0 Å². The molecule has 0 aromatic heterocycles. The molecule has 4 heterocycles. The van der Waals surface area contributed by atoms with Crippen LogP contribution in [0.4, 0.5) is 4.39 Å². The lowest BCUT2D eigenvalue weighted by atomic mass is 9.72. The number of allylic oxidation sites excluding steroid dienone is 1. The maximum atomic E-state index is 15.4. The lowest BCUT2D eigenvalue weighted by Crippen LogP contribution is -2.56. The van der Waals surface area contributed by atoms with Crippen molar-refractivity contribution in [3.63, 3.8) is 0 Å². The fourth-order valence-corrected chi connectivity index (χ4v) is 8.24. The minimum Gasteiger partial charge on any atom is -0.330 e. The molecule has 236 valence electrons. The van der Waals surface area contributed by atoms with Gasteiger partial charge in [-0.3, -0.25) is 29.4 Å². The van der Waals surface area contributed by atoms with Gasteiger partial charge in [0.25, 0.3) is 11.8 Å². The first-order valence-corrected chi connectivity index (χ1v) is 16.3. The molecule has 4 amide bonds. The minimum atomic E-state index is -0.837. The summed E-state index contributed by atoms with van der Waals surface area (Å²) in [5.74, 6) is -2.47. The smallest absolute Gasteiger partial charge is 0.258 e. The number of nitrogens with one attached hydrogen (secondary N) is 1. The van der Waals surface area contributed by atoms with Crippen molar-refractivity contribution in [2.75, 3.05) is 19.6 Å². The van der Waals surface area contributed by atoms with E-state index in [2.05, 4.69) is 36.2 Å². The molecule has 10 heteroatoms. The van der Waals surface area contributed by atoms with Crippen molar-refractivity contribution in [2.24, 2.45) is 5.41 Å². The number of benzene rings is 2. The minimum absolute atomic E-state index is 0.0288. The molecule has 3 unspecified atom stereocenters. The first-order valence-electron chi connectivity index (χ1n) is 16.0. The van der Waals surface area contributed by atoms with Crippen LogP contribution in [0.3, 0.4) is 0 Å². The van der Waals surface area contributed by atoms with Crippen LogP contribution in [0, 0.1) is 11.2 Å². The molecule has 0 spiro atoms. The van der Waals surface area contributed by atoms with Crippen LogP contribution in [-0.4, -0.2) is 76.1 Å². The average Bonchev–Trinajstić information content (AvgIpc) is 3.46. The summed E-state index contributed by atoms with van der Waals surface area (Å²) in [5.41, 5.74) is 4.87. The molecule has 45 heavy (non-hydrogen) atoms. The van der Waals surface area contributed by atoms with Crippen molar-refractivity contribution in [1.82, 2.24) is 20.0 Å². The van der Waals surface area contributed by atoms with Gasteiger partial charge in [-0.25, -0.2) is 4.39 Å². The summed E-state index contributed by atoms with van der Waals surface area (Å²) >= 11 is 6.19. The van der Waals surface area contributed by atoms with E-state index in [0.29, 0.717) is 5.56 Å². The van der Waals surface area contributed by atoms with Gasteiger partial charge in [-0.15, -0.1) is 0 Å². The Bertz CT molecular complexity index is 1620. The Hall–Kier alpha value is -3.56. The van der Waals surface area contributed by atoms with Gasteiger partial charge >= 0.3 is 0 Å². The second-order valence-corrected chi connectivity index (χ2v) is 14.6. The first kappa shape index (κ1) is 30.1. The molecule has 2 aromatic rings. The van der Waals surface area contributed by atoms with Crippen molar-refractivity contribution in [2.45, 2.75) is 83.5 Å². The zero-order chi connectivity index (χ0) is 31.6.